The molecule has 22 heavy (non-hydrogen) atoms. The molecule has 0 saturated carbocycles. The van der Waals surface area contributed by atoms with Crippen molar-refractivity contribution in [1.82, 2.24) is 9.97 Å². The van der Waals surface area contributed by atoms with Gasteiger partial charge in [0.15, 0.2) is 0 Å². The second kappa shape index (κ2) is 6.66. The zero-order chi connectivity index (χ0) is 15.5. The van der Waals surface area contributed by atoms with Crippen molar-refractivity contribution in [2.24, 2.45) is 0 Å². The minimum Gasteiger partial charge on any atom is -0.387 e. The molecular formula is C16H14ClIN4. The van der Waals surface area contributed by atoms with Crippen molar-refractivity contribution < 1.29 is 0 Å². The Morgan fingerprint density at radius 1 is 1.14 bits per heavy atom. The molecule has 1 aromatic heterocycles. The van der Waals surface area contributed by atoms with E-state index in [0.29, 0.717) is 11.6 Å². The van der Waals surface area contributed by atoms with Crippen LogP contribution in [0.5, 0.6) is 0 Å². The lowest BCUT2D eigenvalue weighted by molar-refractivity contribution is 1.10. The lowest BCUT2D eigenvalue weighted by Crippen LogP contribution is -2.03. The van der Waals surface area contributed by atoms with Gasteiger partial charge in [0.05, 0.1) is 16.2 Å². The summed E-state index contributed by atoms with van der Waals surface area (Å²) in [6.07, 6.45) is 1.58. The first kappa shape index (κ1) is 15.3. The van der Waals surface area contributed by atoms with E-state index in [2.05, 4.69) is 49.3 Å². The molecule has 112 valence electrons. The molecule has 0 atom stereocenters. The SMILES string of the molecule is CNc1cc(CNc2ncnc3ccc(I)cc23)ccc1Cl. The Bertz CT molecular complexity index is 822. The van der Waals surface area contributed by atoms with Crippen LogP contribution < -0.4 is 10.6 Å². The number of nitrogens with one attached hydrogen (secondary N) is 2. The number of nitrogens with zero attached hydrogens (tertiary/aromatic N) is 2. The Labute approximate surface area is 147 Å². The van der Waals surface area contributed by atoms with E-state index in [9.17, 15) is 0 Å². The molecule has 0 aliphatic heterocycles. The first-order valence-corrected chi connectivity index (χ1v) is 8.23. The lowest BCUT2D eigenvalue weighted by atomic mass is 10.2. The van der Waals surface area contributed by atoms with Crippen LogP contribution in [0.25, 0.3) is 10.9 Å². The van der Waals surface area contributed by atoms with Crippen LogP contribution in [0, 0.1) is 3.57 Å². The van der Waals surface area contributed by atoms with Gasteiger partial charge < -0.3 is 10.6 Å². The molecule has 3 aromatic rings. The van der Waals surface area contributed by atoms with E-state index in [-0.39, 0.29) is 0 Å². The lowest BCUT2D eigenvalue weighted by Gasteiger charge is -2.10. The largest absolute Gasteiger partial charge is 0.387 e. The third-order valence-electron chi connectivity index (χ3n) is 3.36. The predicted molar refractivity (Wildman–Crippen MR) is 101 cm³/mol. The molecule has 0 radical (unpaired) electrons. The fraction of sp³-hybridized carbons (Fsp3) is 0.125. The van der Waals surface area contributed by atoms with Gasteiger partial charge in [-0.3, -0.25) is 0 Å². The molecule has 0 amide bonds. The topological polar surface area (TPSA) is 49.8 Å². The van der Waals surface area contributed by atoms with Crippen LogP contribution in [0.4, 0.5) is 11.5 Å². The van der Waals surface area contributed by atoms with Crippen molar-refractivity contribution >= 4 is 56.6 Å². The minimum absolute atomic E-state index is 0.670. The Hall–Kier alpha value is -1.60. The van der Waals surface area contributed by atoms with Gasteiger partial charge in [0, 0.05) is 22.5 Å². The monoisotopic (exact) mass is 424 g/mol. The summed E-state index contributed by atoms with van der Waals surface area (Å²) < 4.78 is 1.16. The second-order valence-electron chi connectivity index (χ2n) is 4.80. The van der Waals surface area contributed by atoms with Crippen molar-refractivity contribution in [3.8, 4) is 0 Å². The van der Waals surface area contributed by atoms with Crippen molar-refractivity contribution in [1.29, 1.82) is 0 Å². The summed E-state index contributed by atoms with van der Waals surface area (Å²) in [5, 5.41) is 8.20. The van der Waals surface area contributed by atoms with Crippen molar-refractivity contribution in [2.75, 3.05) is 17.7 Å². The second-order valence-corrected chi connectivity index (χ2v) is 6.45. The van der Waals surface area contributed by atoms with E-state index in [1.165, 1.54) is 0 Å². The van der Waals surface area contributed by atoms with Gasteiger partial charge in [0.25, 0.3) is 0 Å². The zero-order valence-electron chi connectivity index (χ0n) is 11.9. The summed E-state index contributed by atoms with van der Waals surface area (Å²) in [6, 6.07) is 12.1. The molecule has 0 saturated heterocycles. The predicted octanol–water partition coefficient (Wildman–Crippen LogP) is 4.54. The van der Waals surface area contributed by atoms with Crippen molar-refractivity contribution in [3.05, 3.63) is 56.9 Å². The summed E-state index contributed by atoms with van der Waals surface area (Å²) in [5.41, 5.74) is 2.99. The molecule has 0 fully saturated rings. The highest BCUT2D eigenvalue weighted by molar-refractivity contribution is 14.1. The van der Waals surface area contributed by atoms with E-state index in [1.807, 2.05) is 37.4 Å². The molecule has 0 spiro atoms. The van der Waals surface area contributed by atoms with E-state index in [0.717, 1.165) is 31.5 Å². The van der Waals surface area contributed by atoms with Crippen molar-refractivity contribution in [2.45, 2.75) is 6.54 Å². The number of fused-ring (bicyclic) bond motifs is 1. The first-order chi connectivity index (χ1) is 10.7. The summed E-state index contributed by atoms with van der Waals surface area (Å²) in [4.78, 5) is 8.65. The highest BCUT2D eigenvalue weighted by Crippen LogP contribution is 2.24. The van der Waals surface area contributed by atoms with Gasteiger partial charge >= 0.3 is 0 Å². The number of rotatable bonds is 4. The van der Waals surface area contributed by atoms with Crippen LogP contribution in [-0.2, 0) is 6.54 Å². The molecule has 0 bridgehead atoms. The molecule has 1 heterocycles. The van der Waals surface area contributed by atoms with E-state index < -0.39 is 0 Å². The summed E-state index contributed by atoms with van der Waals surface area (Å²) in [5.74, 6) is 0.837. The normalized spacial score (nSPS) is 10.7. The fourth-order valence-corrected chi connectivity index (χ4v) is 2.93. The van der Waals surface area contributed by atoms with Crippen LogP contribution in [0.15, 0.2) is 42.7 Å². The van der Waals surface area contributed by atoms with E-state index in [1.54, 1.807) is 6.33 Å². The fourth-order valence-electron chi connectivity index (χ4n) is 2.23. The highest BCUT2D eigenvalue weighted by Gasteiger charge is 2.05. The van der Waals surface area contributed by atoms with Gasteiger partial charge in [-0.15, -0.1) is 0 Å². The van der Waals surface area contributed by atoms with Gasteiger partial charge in [0.2, 0.25) is 0 Å². The summed E-state index contributed by atoms with van der Waals surface area (Å²) in [6.45, 7) is 0.670. The van der Waals surface area contributed by atoms with Gasteiger partial charge in [0.1, 0.15) is 12.1 Å². The molecule has 2 aromatic carbocycles. The quantitative estimate of drug-likeness (QED) is 0.604. The summed E-state index contributed by atoms with van der Waals surface area (Å²) in [7, 11) is 1.86. The Morgan fingerprint density at radius 2 is 2.00 bits per heavy atom. The van der Waals surface area contributed by atoms with Crippen LogP contribution in [0.2, 0.25) is 5.02 Å². The number of aromatic nitrogens is 2. The van der Waals surface area contributed by atoms with Gasteiger partial charge in [-0.05, 0) is 58.5 Å². The van der Waals surface area contributed by atoms with E-state index >= 15 is 0 Å². The third kappa shape index (κ3) is 3.25. The average molecular weight is 425 g/mol. The molecule has 0 aliphatic rings. The maximum Gasteiger partial charge on any atom is 0.137 e. The van der Waals surface area contributed by atoms with Crippen molar-refractivity contribution in [3.63, 3.8) is 0 Å². The van der Waals surface area contributed by atoms with Gasteiger partial charge in [-0.2, -0.15) is 0 Å². The Kier molecular flexibility index (Phi) is 4.63. The molecule has 3 rings (SSSR count). The van der Waals surface area contributed by atoms with Crippen LogP contribution in [0.1, 0.15) is 5.56 Å². The molecule has 0 aliphatic carbocycles. The maximum absolute atomic E-state index is 6.10. The maximum atomic E-state index is 6.10. The minimum atomic E-state index is 0.670. The average Bonchev–Trinajstić information content (AvgIpc) is 2.54. The van der Waals surface area contributed by atoms with Gasteiger partial charge in [-0.25, -0.2) is 9.97 Å². The molecule has 2 N–H and O–H groups in total. The third-order valence-corrected chi connectivity index (χ3v) is 4.36. The highest BCUT2D eigenvalue weighted by atomic mass is 127. The molecule has 6 heteroatoms. The summed E-state index contributed by atoms with van der Waals surface area (Å²) >= 11 is 8.40. The standard InChI is InChI=1S/C16H14ClIN4/c1-19-15-6-10(2-4-13(15)17)8-20-16-12-7-11(18)3-5-14(12)21-9-22-16/h2-7,9,19H,8H2,1H3,(H,20,21,22). The Balaban J connectivity index is 1.86. The van der Waals surface area contributed by atoms with Crippen LogP contribution in [0.3, 0.4) is 0 Å². The van der Waals surface area contributed by atoms with Crippen LogP contribution >= 0.6 is 34.2 Å². The number of benzene rings is 2. The first-order valence-electron chi connectivity index (χ1n) is 6.77. The number of anilines is 2. The number of hydrogen-bond donors (Lipinski definition) is 2. The zero-order valence-corrected chi connectivity index (χ0v) is 14.8. The molecule has 4 nitrogen and oxygen atoms in total. The van der Waals surface area contributed by atoms with E-state index in [4.69, 9.17) is 11.6 Å². The smallest absolute Gasteiger partial charge is 0.137 e. The Morgan fingerprint density at radius 3 is 2.82 bits per heavy atom. The number of hydrogen-bond acceptors (Lipinski definition) is 4. The molecule has 0 unspecified atom stereocenters. The number of halogens is 2. The molecular weight excluding hydrogens is 411 g/mol. The van der Waals surface area contributed by atoms with Gasteiger partial charge in [-0.1, -0.05) is 17.7 Å². The van der Waals surface area contributed by atoms with Crippen LogP contribution in [-0.4, -0.2) is 17.0 Å².